The normalized spacial score (nSPS) is 15.1. The number of hydrogen-bond acceptors (Lipinski definition) is 6. The molecule has 15 heteroatoms. The molecule has 44 heavy (non-hydrogen) atoms. The number of nitrogens with one attached hydrogen (secondary N) is 2. The third-order valence-electron chi connectivity index (χ3n) is 7.13. The molecule has 9 nitrogen and oxygen atoms in total. The monoisotopic (exact) mass is 652 g/mol. The molecule has 2 aromatic carbocycles. The van der Waals surface area contributed by atoms with Crippen LogP contribution in [0, 0.1) is 5.82 Å². The molecule has 5 rings (SSSR count). The van der Waals surface area contributed by atoms with Crippen LogP contribution in [0.2, 0.25) is 5.02 Å². The Labute approximate surface area is 256 Å². The van der Waals surface area contributed by atoms with E-state index in [4.69, 9.17) is 11.6 Å². The molecule has 3 heterocycles. The number of halogens is 5. The van der Waals surface area contributed by atoms with Crippen molar-refractivity contribution in [2.45, 2.75) is 56.1 Å². The second-order valence-electron chi connectivity index (χ2n) is 11.6. The lowest BCUT2D eigenvalue weighted by atomic mass is 9.89. The number of sulfonamides is 1. The van der Waals surface area contributed by atoms with Crippen molar-refractivity contribution in [2.75, 3.05) is 18.4 Å². The van der Waals surface area contributed by atoms with E-state index in [2.05, 4.69) is 20.1 Å². The smallest absolute Gasteiger partial charge is 0.338 e. The number of anilines is 2. The van der Waals surface area contributed by atoms with Crippen LogP contribution in [0.3, 0.4) is 0 Å². The number of aromatic nitrogens is 3. The lowest BCUT2D eigenvalue weighted by molar-refractivity contribution is -0.137. The third kappa shape index (κ3) is 6.66. The summed E-state index contributed by atoms with van der Waals surface area (Å²) in [7, 11) is -4.13. The molecule has 1 aliphatic heterocycles. The van der Waals surface area contributed by atoms with Gasteiger partial charge in [-0.1, -0.05) is 23.7 Å². The molecule has 2 N–H and O–H groups in total. The van der Waals surface area contributed by atoms with E-state index in [9.17, 15) is 30.8 Å². The molecule has 0 spiro atoms. The van der Waals surface area contributed by atoms with Gasteiger partial charge in [-0.05, 0) is 75.4 Å². The molecule has 0 bridgehead atoms. The molecule has 0 radical (unpaired) electrons. The Balaban J connectivity index is 1.54. The van der Waals surface area contributed by atoms with E-state index >= 15 is 0 Å². The Hall–Kier alpha value is -3.75. The lowest BCUT2D eigenvalue weighted by Gasteiger charge is -2.32. The summed E-state index contributed by atoms with van der Waals surface area (Å²) in [5, 5.41) is 6.89. The summed E-state index contributed by atoms with van der Waals surface area (Å²) in [5.41, 5.74) is -1.25. The molecule has 4 aromatic rings. The van der Waals surface area contributed by atoms with Gasteiger partial charge in [-0.3, -0.25) is 4.79 Å². The first-order valence-electron chi connectivity index (χ1n) is 13.6. The summed E-state index contributed by atoms with van der Waals surface area (Å²) in [6.07, 6.45) is -1.26. The zero-order valence-corrected chi connectivity index (χ0v) is 25.5. The lowest BCUT2D eigenvalue weighted by Crippen LogP contribution is -2.40. The predicted octanol–water partition coefficient (Wildman–Crippen LogP) is 6.38. The fraction of sp³-hybridized carbons (Fsp3) is 0.345. The zero-order valence-electron chi connectivity index (χ0n) is 23.9. The highest BCUT2D eigenvalue weighted by molar-refractivity contribution is 7.89. The average Bonchev–Trinajstić information content (AvgIpc) is 3.38. The van der Waals surface area contributed by atoms with Crippen molar-refractivity contribution >= 4 is 44.7 Å². The molecule has 234 valence electrons. The van der Waals surface area contributed by atoms with E-state index in [0.717, 1.165) is 34.5 Å². The van der Waals surface area contributed by atoms with Crippen LogP contribution in [0.25, 0.3) is 5.65 Å². The quantitative estimate of drug-likeness (QED) is 0.234. The predicted molar refractivity (Wildman–Crippen MR) is 157 cm³/mol. The summed E-state index contributed by atoms with van der Waals surface area (Å²) in [5.74, 6) is -0.834. The highest BCUT2D eigenvalue weighted by Gasteiger charge is 2.33. The Kier molecular flexibility index (Phi) is 8.37. The molecule has 0 aliphatic carbocycles. The van der Waals surface area contributed by atoms with E-state index in [1.165, 1.54) is 18.3 Å². The van der Waals surface area contributed by atoms with E-state index in [1.807, 2.05) is 0 Å². The summed E-state index contributed by atoms with van der Waals surface area (Å²) >= 11 is 6.26. The zero-order chi connectivity index (χ0) is 32.0. The Bertz CT molecular complexity index is 1810. The number of piperidine rings is 1. The maximum Gasteiger partial charge on any atom is 0.416 e. The van der Waals surface area contributed by atoms with Crippen LogP contribution in [0.5, 0.6) is 0 Å². The van der Waals surface area contributed by atoms with Crippen LogP contribution in [0.4, 0.5) is 29.1 Å². The molecule has 0 saturated carbocycles. The number of nitrogens with zero attached hydrogens (tertiary/aromatic N) is 4. The number of carbonyl (C=O) groups is 1. The summed E-state index contributed by atoms with van der Waals surface area (Å²) < 4.78 is 83.9. The maximum absolute atomic E-state index is 13.9. The van der Waals surface area contributed by atoms with Gasteiger partial charge in [-0.2, -0.15) is 22.8 Å². The highest BCUT2D eigenvalue weighted by atomic mass is 35.5. The summed E-state index contributed by atoms with van der Waals surface area (Å²) in [6, 6.07) is 8.89. The number of likely N-dealkylation sites (tertiary alicyclic amines) is 1. The number of rotatable bonds is 6. The molecular formula is C29H29ClF4N6O3S. The molecule has 1 amide bonds. The summed E-state index contributed by atoms with van der Waals surface area (Å²) in [4.78, 5) is 19.4. The molecular weight excluding hydrogens is 624 g/mol. The minimum atomic E-state index is -4.67. The minimum absolute atomic E-state index is 0.0537. The first-order chi connectivity index (χ1) is 20.5. The summed E-state index contributed by atoms with van der Waals surface area (Å²) in [6.45, 7) is 5.65. The fourth-order valence-electron chi connectivity index (χ4n) is 5.08. The van der Waals surface area contributed by atoms with Gasteiger partial charge < -0.3 is 10.2 Å². The van der Waals surface area contributed by atoms with E-state index in [-0.39, 0.29) is 44.4 Å². The van der Waals surface area contributed by atoms with Crippen molar-refractivity contribution in [1.82, 2.24) is 24.2 Å². The SMILES string of the molecule is CC(C)(C)NS(=O)(=O)c1cnn2c(Nc3cc(C(F)(F)F)ccc3Cl)c(C(=O)N3CCC(c4ccc(F)cc4)CC3)cnc12. The largest absolute Gasteiger partial charge is 0.416 e. The van der Waals surface area contributed by atoms with Crippen LogP contribution in [-0.2, 0) is 16.2 Å². The molecule has 1 saturated heterocycles. The van der Waals surface area contributed by atoms with Gasteiger partial charge in [-0.15, -0.1) is 0 Å². The van der Waals surface area contributed by atoms with Crippen LogP contribution < -0.4 is 10.0 Å². The van der Waals surface area contributed by atoms with Gasteiger partial charge in [0.2, 0.25) is 10.0 Å². The second-order valence-corrected chi connectivity index (χ2v) is 13.6. The van der Waals surface area contributed by atoms with Crippen LogP contribution in [0.1, 0.15) is 61.0 Å². The van der Waals surface area contributed by atoms with Crippen molar-refractivity contribution in [1.29, 1.82) is 0 Å². The van der Waals surface area contributed by atoms with Gasteiger partial charge in [0, 0.05) is 24.8 Å². The second kappa shape index (κ2) is 11.6. The molecule has 1 fully saturated rings. The molecule has 1 aliphatic rings. The number of carbonyl (C=O) groups excluding carboxylic acids is 1. The minimum Gasteiger partial charge on any atom is -0.338 e. The highest BCUT2D eigenvalue weighted by Crippen LogP contribution is 2.36. The topological polar surface area (TPSA) is 109 Å². The third-order valence-corrected chi connectivity index (χ3v) is 9.20. The number of hydrogen-bond donors (Lipinski definition) is 2. The van der Waals surface area contributed by atoms with Gasteiger partial charge in [-0.25, -0.2) is 22.5 Å². The van der Waals surface area contributed by atoms with E-state index in [0.29, 0.717) is 25.9 Å². The van der Waals surface area contributed by atoms with E-state index in [1.54, 1.807) is 37.8 Å². The van der Waals surface area contributed by atoms with Crippen molar-refractivity contribution in [3.8, 4) is 0 Å². The molecule has 0 atom stereocenters. The van der Waals surface area contributed by atoms with Crippen molar-refractivity contribution in [3.05, 3.63) is 82.4 Å². The maximum atomic E-state index is 13.9. The Morgan fingerprint density at radius 2 is 1.68 bits per heavy atom. The molecule has 0 unspecified atom stereocenters. The number of alkyl halides is 3. The standard InChI is InChI=1S/C29H29ClF4N6O3S/c1-28(2,3)38-44(42,43)24-16-36-40-25(37-23-14-19(29(32,33)34)6-9-22(23)30)21(15-35-26(24)40)27(41)39-12-10-18(11-13-39)17-4-7-20(31)8-5-17/h4-9,14-16,18,37-38H,10-13H2,1-3H3. The van der Waals surface area contributed by atoms with Crippen LogP contribution in [0.15, 0.2) is 59.8 Å². The van der Waals surface area contributed by atoms with Crippen molar-refractivity contribution < 1.29 is 30.8 Å². The van der Waals surface area contributed by atoms with Gasteiger partial charge in [0.15, 0.2) is 5.65 Å². The van der Waals surface area contributed by atoms with Gasteiger partial charge in [0.25, 0.3) is 5.91 Å². The first-order valence-corrected chi connectivity index (χ1v) is 15.5. The fourth-order valence-corrected chi connectivity index (χ4v) is 6.73. The average molecular weight is 653 g/mol. The van der Waals surface area contributed by atoms with Gasteiger partial charge in [0.05, 0.1) is 22.5 Å². The molecule has 2 aromatic heterocycles. The number of amides is 1. The van der Waals surface area contributed by atoms with Gasteiger partial charge >= 0.3 is 6.18 Å². The Morgan fingerprint density at radius 3 is 2.30 bits per heavy atom. The van der Waals surface area contributed by atoms with Crippen molar-refractivity contribution in [3.63, 3.8) is 0 Å². The van der Waals surface area contributed by atoms with Crippen molar-refractivity contribution in [2.24, 2.45) is 0 Å². The Morgan fingerprint density at radius 1 is 1.02 bits per heavy atom. The number of benzene rings is 2. The van der Waals surface area contributed by atoms with Crippen LogP contribution in [-0.4, -0.2) is 52.5 Å². The number of fused-ring (bicyclic) bond motifs is 1. The van der Waals surface area contributed by atoms with Crippen LogP contribution >= 0.6 is 11.6 Å². The van der Waals surface area contributed by atoms with E-state index < -0.39 is 33.2 Å². The van der Waals surface area contributed by atoms with Gasteiger partial charge in [0.1, 0.15) is 22.1 Å². The first kappa shape index (κ1) is 31.7.